The van der Waals surface area contributed by atoms with E-state index in [0.717, 1.165) is 26.2 Å². The summed E-state index contributed by atoms with van der Waals surface area (Å²) >= 11 is 0. The minimum absolute atomic E-state index is 0.161. The Morgan fingerprint density at radius 3 is 2.48 bits per heavy atom. The van der Waals surface area contributed by atoms with E-state index in [1.54, 1.807) is 0 Å². The third kappa shape index (κ3) is 5.70. The Hall–Kier alpha value is -1.02. The summed E-state index contributed by atoms with van der Waals surface area (Å²) in [6.07, 6.45) is -0.258. The van der Waals surface area contributed by atoms with E-state index < -0.39 is 6.10 Å². The second-order valence-electron chi connectivity index (χ2n) is 5.85. The number of ether oxygens (including phenoxy) is 1. The van der Waals surface area contributed by atoms with Gasteiger partial charge in [-0.2, -0.15) is 4.98 Å². The summed E-state index contributed by atoms with van der Waals surface area (Å²) in [5, 5.41) is 13.7. The maximum absolute atomic E-state index is 9.94. The maximum atomic E-state index is 9.94. The SMILES string of the molecule is Cc1noc(CN2CCN(CC(O)COC(C)C)CC2)n1. The molecule has 1 saturated heterocycles. The van der Waals surface area contributed by atoms with E-state index in [2.05, 4.69) is 19.9 Å². The van der Waals surface area contributed by atoms with E-state index in [4.69, 9.17) is 9.26 Å². The van der Waals surface area contributed by atoms with Gasteiger partial charge in [-0.05, 0) is 20.8 Å². The molecule has 1 atom stereocenters. The molecule has 1 N–H and O–H groups in total. The number of hydrogen-bond acceptors (Lipinski definition) is 7. The van der Waals surface area contributed by atoms with Crippen LogP contribution in [0.3, 0.4) is 0 Å². The molecule has 0 radical (unpaired) electrons. The van der Waals surface area contributed by atoms with E-state index in [0.29, 0.717) is 31.4 Å². The Bertz CT molecular complexity index is 416. The van der Waals surface area contributed by atoms with Crippen LogP contribution in [0.2, 0.25) is 0 Å². The molecule has 0 aliphatic carbocycles. The fourth-order valence-electron chi connectivity index (χ4n) is 2.38. The molecule has 7 heteroatoms. The molecule has 0 bridgehead atoms. The normalized spacial score (nSPS) is 19.3. The highest BCUT2D eigenvalue weighted by molar-refractivity contribution is 4.84. The molecule has 0 spiro atoms. The number of piperazine rings is 1. The quantitative estimate of drug-likeness (QED) is 0.775. The summed E-state index contributed by atoms with van der Waals surface area (Å²) in [7, 11) is 0. The predicted octanol–water partition coefficient (Wildman–Crippen LogP) is 0.282. The van der Waals surface area contributed by atoms with Gasteiger partial charge in [0.05, 0.1) is 25.4 Å². The van der Waals surface area contributed by atoms with Gasteiger partial charge >= 0.3 is 0 Å². The van der Waals surface area contributed by atoms with Gasteiger partial charge in [0.2, 0.25) is 5.89 Å². The van der Waals surface area contributed by atoms with Crippen molar-refractivity contribution in [2.45, 2.75) is 39.5 Å². The van der Waals surface area contributed by atoms with Crippen molar-refractivity contribution in [3.63, 3.8) is 0 Å². The van der Waals surface area contributed by atoms with Gasteiger partial charge < -0.3 is 14.4 Å². The fraction of sp³-hybridized carbons (Fsp3) is 0.857. The monoisotopic (exact) mass is 298 g/mol. The molecule has 1 aliphatic rings. The zero-order valence-electron chi connectivity index (χ0n) is 13.2. The highest BCUT2D eigenvalue weighted by Gasteiger charge is 2.20. The number of hydrogen-bond donors (Lipinski definition) is 1. The summed E-state index contributed by atoms with van der Waals surface area (Å²) in [5.41, 5.74) is 0. The van der Waals surface area contributed by atoms with Crippen molar-refractivity contribution < 1.29 is 14.4 Å². The molecule has 1 aromatic heterocycles. The largest absolute Gasteiger partial charge is 0.389 e. The molecule has 0 amide bonds. The highest BCUT2D eigenvalue weighted by Crippen LogP contribution is 2.08. The van der Waals surface area contributed by atoms with E-state index in [-0.39, 0.29) is 6.10 Å². The van der Waals surface area contributed by atoms with Crippen LogP contribution < -0.4 is 0 Å². The molecule has 120 valence electrons. The molecule has 0 aromatic carbocycles. The standard InChI is InChI=1S/C14H26N4O3/c1-11(2)20-10-13(19)8-17-4-6-18(7-5-17)9-14-15-12(3)16-21-14/h11,13,19H,4-10H2,1-3H3. The zero-order valence-corrected chi connectivity index (χ0v) is 13.2. The lowest BCUT2D eigenvalue weighted by Crippen LogP contribution is -2.48. The molecule has 1 aromatic rings. The Morgan fingerprint density at radius 1 is 1.24 bits per heavy atom. The first-order valence-electron chi connectivity index (χ1n) is 7.56. The third-order valence-corrected chi connectivity index (χ3v) is 3.48. The minimum Gasteiger partial charge on any atom is -0.389 e. The number of rotatable bonds is 7. The number of aliphatic hydroxyl groups is 1. The first-order chi connectivity index (χ1) is 10.0. The molecule has 1 fully saturated rings. The van der Waals surface area contributed by atoms with E-state index in [9.17, 15) is 5.11 Å². The number of aryl methyl sites for hydroxylation is 1. The lowest BCUT2D eigenvalue weighted by atomic mass is 10.2. The van der Waals surface area contributed by atoms with Crippen LogP contribution in [0.15, 0.2) is 4.52 Å². The lowest BCUT2D eigenvalue weighted by molar-refractivity contribution is -0.0152. The van der Waals surface area contributed by atoms with Crippen molar-refractivity contribution in [3.8, 4) is 0 Å². The van der Waals surface area contributed by atoms with Crippen molar-refractivity contribution in [2.75, 3.05) is 39.3 Å². The maximum Gasteiger partial charge on any atom is 0.240 e. The molecule has 21 heavy (non-hydrogen) atoms. The number of aliphatic hydroxyl groups excluding tert-OH is 1. The van der Waals surface area contributed by atoms with Crippen molar-refractivity contribution in [1.82, 2.24) is 19.9 Å². The smallest absolute Gasteiger partial charge is 0.240 e. The Balaban J connectivity index is 1.66. The molecular formula is C14H26N4O3. The van der Waals surface area contributed by atoms with Crippen LogP contribution in [0.25, 0.3) is 0 Å². The first kappa shape index (κ1) is 16.4. The van der Waals surface area contributed by atoms with Crippen LogP contribution in [0.1, 0.15) is 25.6 Å². The summed E-state index contributed by atoms with van der Waals surface area (Å²) in [4.78, 5) is 8.78. The molecule has 0 saturated carbocycles. The van der Waals surface area contributed by atoms with Gasteiger partial charge in [0.1, 0.15) is 0 Å². The lowest BCUT2D eigenvalue weighted by Gasteiger charge is -2.34. The van der Waals surface area contributed by atoms with Gasteiger partial charge in [0.15, 0.2) is 5.82 Å². The minimum atomic E-state index is -0.419. The fourth-order valence-corrected chi connectivity index (χ4v) is 2.38. The molecular weight excluding hydrogens is 272 g/mol. The Kier molecular flexibility index (Phi) is 6.10. The van der Waals surface area contributed by atoms with Gasteiger partial charge in [-0.3, -0.25) is 9.80 Å². The summed E-state index contributed by atoms with van der Waals surface area (Å²) in [6, 6.07) is 0. The van der Waals surface area contributed by atoms with Crippen molar-refractivity contribution in [2.24, 2.45) is 0 Å². The second-order valence-corrected chi connectivity index (χ2v) is 5.85. The molecule has 1 aliphatic heterocycles. The van der Waals surface area contributed by atoms with E-state index in [1.807, 2.05) is 20.8 Å². The van der Waals surface area contributed by atoms with Crippen molar-refractivity contribution >= 4 is 0 Å². The predicted molar refractivity (Wildman–Crippen MR) is 77.8 cm³/mol. The van der Waals surface area contributed by atoms with E-state index >= 15 is 0 Å². The van der Waals surface area contributed by atoms with Gasteiger partial charge in [-0.25, -0.2) is 0 Å². The van der Waals surface area contributed by atoms with Crippen LogP contribution in [0, 0.1) is 6.92 Å². The van der Waals surface area contributed by atoms with Gasteiger partial charge in [-0.15, -0.1) is 0 Å². The van der Waals surface area contributed by atoms with Gasteiger partial charge in [-0.1, -0.05) is 5.16 Å². The van der Waals surface area contributed by atoms with Crippen molar-refractivity contribution in [1.29, 1.82) is 0 Å². The van der Waals surface area contributed by atoms with Crippen molar-refractivity contribution in [3.05, 3.63) is 11.7 Å². The molecule has 2 rings (SSSR count). The Morgan fingerprint density at radius 2 is 1.90 bits per heavy atom. The summed E-state index contributed by atoms with van der Waals surface area (Å²) < 4.78 is 10.6. The second kappa shape index (κ2) is 7.84. The van der Waals surface area contributed by atoms with Gasteiger partial charge in [0, 0.05) is 32.7 Å². The average Bonchev–Trinajstić information content (AvgIpc) is 2.84. The number of aromatic nitrogens is 2. The Labute approximate surface area is 125 Å². The molecule has 1 unspecified atom stereocenters. The topological polar surface area (TPSA) is 74.9 Å². The highest BCUT2D eigenvalue weighted by atomic mass is 16.5. The number of nitrogens with zero attached hydrogens (tertiary/aromatic N) is 4. The summed E-state index contributed by atoms with van der Waals surface area (Å²) in [5.74, 6) is 1.35. The van der Waals surface area contributed by atoms with Crippen LogP contribution in [0.5, 0.6) is 0 Å². The van der Waals surface area contributed by atoms with Crippen LogP contribution in [-0.2, 0) is 11.3 Å². The van der Waals surface area contributed by atoms with E-state index in [1.165, 1.54) is 0 Å². The number of β-amino-alcohol motifs (C(OH)–C–C–N with tert-alkyl or cyclic N) is 1. The first-order valence-corrected chi connectivity index (χ1v) is 7.56. The van der Waals surface area contributed by atoms with Gasteiger partial charge in [0.25, 0.3) is 0 Å². The third-order valence-electron chi connectivity index (χ3n) is 3.48. The van der Waals surface area contributed by atoms with Crippen LogP contribution >= 0.6 is 0 Å². The zero-order chi connectivity index (χ0) is 15.2. The summed E-state index contributed by atoms with van der Waals surface area (Å²) in [6.45, 7) is 11.3. The average molecular weight is 298 g/mol. The van der Waals surface area contributed by atoms with Crippen LogP contribution in [-0.4, -0.2) is 76.6 Å². The molecule has 7 nitrogen and oxygen atoms in total. The molecule has 2 heterocycles. The van der Waals surface area contributed by atoms with Crippen LogP contribution in [0.4, 0.5) is 0 Å².